The maximum atomic E-state index is 5.96. The van der Waals surface area contributed by atoms with Gasteiger partial charge in [-0.2, -0.15) is 0 Å². The maximum Gasteiger partial charge on any atom is 0.222 e. The van der Waals surface area contributed by atoms with E-state index in [9.17, 15) is 0 Å². The van der Waals surface area contributed by atoms with Gasteiger partial charge < -0.3 is 16.0 Å². The zero-order chi connectivity index (χ0) is 10.7. The summed E-state index contributed by atoms with van der Waals surface area (Å²) in [5.41, 5.74) is 13.3. The summed E-state index contributed by atoms with van der Waals surface area (Å²) in [6.45, 7) is 0. The minimum atomic E-state index is -0.173. The first-order chi connectivity index (χ1) is 7.25. The molecule has 1 aromatic carbocycles. The van der Waals surface area contributed by atoms with Gasteiger partial charge in [0.2, 0.25) is 5.88 Å². The van der Waals surface area contributed by atoms with Crippen LogP contribution in [0.15, 0.2) is 40.9 Å². The van der Waals surface area contributed by atoms with E-state index >= 15 is 0 Å². The number of nitrogens with two attached hydrogens (primary N) is 2. The molecule has 1 atom stereocenters. The highest BCUT2D eigenvalue weighted by Crippen LogP contribution is 2.16. The molecule has 0 amide bonds. The van der Waals surface area contributed by atoms with Gasteiger partial charge in [-0.25, -0.2) is 0 Å². The van der Waals surface area contributed by atoms with Gasteiger partial charge >= 0.3 is 0 Å². The monoisotopic (exact) mass is 203 g/mol. The van der Waals surface area contributed by atoms with Crippen LogP contribution in [0.2, 0.25) is 0 Å². The van der Waals surface area contributed by atoms with Crippen LogP contribution in [-0.4, -0.2) is 5.16 Å². The highest BCUT2D eigenvalue weighted by Gasteiger charge is 2.11. The molecule has 1 unspecified atom stereocenters. The molecule has 0 spiro atoms. The largest absolute Gasteiger partial charge is 0.368 e. The van der Waals surface area contributed by atoms with Crippen molar-refractivity contribution in [3.8, 4) is 0 Å². The van der Waals surface area contributed by atoms with Crippen LogP contribution in [0.1, 0.15) is 17.3 Å². The molecule has 0 aliphatic heterocycles. The van der Waals surface area contributed by atoms with Crippen molar-refractivity contribution in [3.63, 3.8) is 0 Å². The van der Waals surface area contributed by atoms with Gasteiger partial charge in [-0.05, 0) is 12.0 Å². The van der Waals surface area contributed by atoms with Crippen molar-refractivity contribution in [3.05, 3.63) is 47.7 Å². The highest BCUT2D eigenvalue weighted by molar-refractivity contribution is 5.27. The maximum absolute atomic E-state index is 5.96. The summed E-state index contributed by atoms with van der Waals surface area (Å²) in [6, 6.07) is 11.5. The molecule has 4 nitrogen and oxygen atoms in total. The van der Waals surface area contributed by atoms with Gasteiger partial charge in [0.1, 0.15) is 5.69 Å². The molecule has 0 saturated carbocycles. The van der Waals surface area contributed by atoms with Crippen LogP contribution in [0.25, 0.3) is 0 Å². The van der Waals surface area contributed by atoms with Crippen molar-refractivity contribution in [1.82, 2.24) is 5.16 Å². The second-order valence-corrected chi connectivity index (χ2v) is 3.45. The van der Waals surface area contributed by atoms with Crippen LogP contribution in [0.4, 0.5) is 5.88 Å². The number of nitrogen functional groups attached to an aromatic ring is 1. The second kappa shape index (κ2) is 4.14. The summed E-state index contributed by atoms with van der Waals surface area (Å²) in [5.74, 6) is 0.300. The fourth-order valence-corrected chi connectivity index (χ4v) is 1.45. The minimum absolute atomic E-state index is 0.173. The molecule has 0 bridgehead atoms. The average Bonchev–Trinajstić information content (AvgIpc) is 2.66. The third-order valence-electron chi connectivity index (χ3n) is 2.22. The lowest BCUT2D eigenvalue weighted by Gasteiger charge is -2.07. The smallest absolute Gasteiger partial charge is 0.222 e. The summed E-state index contributed by atoms with van der Waals surface area (Å²) < 4.78 is 4.77. The first-order valence-corrected chi connectivity index (χ1v) is 4.77. The van der Waals surface area contributed by atoms with Crippen molar-refractivity contribution in [2.75, 3.05) is 5.73 Å². The lowest BCUT2D eigenvalue weighted by Crippen LogP contribution is -2.13. The first kappa shape index (κ1) is 9.73. The van der Waals surface area contributed by atoms with Crippen LogP contribution in [-0.2, 0) is 6.42 Å². The molecule has 0 saturated heterocycles. The predicted octanol–water partition coefficient (Wildman–Crippen LogP) is 1.50. The fourth-order valence-electron chi connectivity index (χ4n) is 1.45. The first-order valence-electron chi connectivity index (χ1n) is 4.77. The molecule has 0 fully saturated rings. The molecule has 0 aliphatic rings. The standard InChI is InChI=1S/C11H13N3O/c12-9(10-7-11(13)15-14-10)6-8-4-2-1-3-5-8/h1-5,7,9H,6,12-13H2. The van der Waals surface area contributed by atoms with E-state index in [0.29, 0.717) is 11.6 Å². The van der Waals surface area contributed by atoms with Gasteiger partial charge in [0.05, 0.1) is 6.04 Å². The van der Waals surface area contributed by atoms with E-state index in [2.05, 4.69) is 5.16 Å². The summed E-state index contributed by atoms with van der Waals surface area (Å²) >= 11 is 0. The Hall–Kier alpha value is -1.81. The van der Waals surface area contributed by atoms with Gasteiger partial charge in [0, 0.05) is 6.07 Å². The Morgan fingerprint density at radius 2 is 2.00 bits per heavy atom. The molecule has 0 aliphatic carbocycles. The normalized spacial score (nSPS) is 12.6. The lowest BCUT2D eigenvalue weighted by atomic mass is 10.0. The van der Waals surface area contributed by atoms with Gasteiger partial charge in [0.25, 0.3) is 0 Å². The number of benzene rings is 1. The average molecular weight is 203 g/mol. The topological polar surface area (TPSA) is 78.1 Å². The van der Waals surface area contributed by atoms with Crippen LogP contribution in [0.5, 0.6) is 0 Å². The van der Waals surface area contributed by atoms with Crippen LogP contribution >= 0.6 is 0 Å². The highest BCUT2D eigenvalue weighted by atomic mass is 16.5. The van der Waals surface area contributed by atoms with E-state index in [-0.39, 0.29) is 6.04 Å². The molecule has 1 aromatic heterocycles. The number of anilines is 1. The van der Waals surface area contributed by atoms with Gasteiger partial charge in [0.15, 0.2) is 0 Å². The summed E-state index contributed by atoms with van der Waals surface area (Å²) in [5, 5.41) is 3.79. The fraction of sp³-hybridized carbons (Fsp3) is 0.182. The lowest BCUT2D eigenvalue weighted by molar-refractivity contribution is 0.420. The van der Waals surface area contributed by atoms with Crippen LogP contribution < -0.4 is 11.5 Å². The molecule has 4 N–H and O–H groups in total. The molecule has 2 aromatic rings. The molecule has 4 heteroatoms. The van der Waals surface area contributed by atoms with E-state index in [4.69, 9.17) is 16.0 Å². The van der Waals surface area contributed by atoms with E-state index in [1.807, 2.05) is 30.3 Å². The number of nitrogens with zero attached hydrogens (tertiary/aromatic N) is 1. The Morgan fingerprint density at radius 1 is 1.27 bits per heavy atom. The Morgan fingerprint density at radius 3 is 2.60 bits per heavy atom. The Balaban J connectivity index is 2.07. The van der Waals surface area contributed by atoms with E-state index in [1.165, 1.54) is 5.56 Å². The molecule has 0 radical (unpaired) electrons. The van der Waals surface area contributed by atoms with Crippen LogP contribution in [0, 0.1) is 0 Å². The van der Waals surface area contributed by atoms with E-state index < -0.39 is 0 Å². The summed E-state index contributed by atoms with van der Waals surface area (Å²) in [7, 11) is 0. The minimum Gasteiger partial charge on any atom is -0.368 e. The summed E-state index contributed by atoms with van der Waals surface area (Å²) in [4.78, 5) is 0. The van der Waals surface area contributed by atoms with Crippen molar-refractivity contribution < 1.29 is 4.52 Å². The Labute approximate surface area is 87.9 Å². The van der Waals surface area contributed by atoms with Gasteiger partial charge in [-0.15, -0.1) is 0 Å². The molecular weight excluding hydrogens is 190 g/mol. The second-order valence-electron chi connectivity index (χ2n) is 3.45. The molecule has 78 valence electrons. The summed E-state index contributed by atoms with van der Waals surface area (Å²) in [6.07, 6.45) is 0.729. The third-order valence-corrected chi connectivity index (χ3v) is 2.22. The van der Waals surface area contributed by atoms with Gasteiger partial charge in [-0.1, -0.05) is 35.5 Å². The number of hydrogen-bond acceptors (Lipinski definition) is 4. The van der Waals surface area contributed by atoms with E-state index in [0.717, 1.165) is 6.42 Å². The SMILES string of the molecule is Nc1cc(C(N)Cc2ccccc2)no1. The zero-order valence-corrected chi connectivity index (χ0v) is 8.26. The Kier molecular flexibility index (Phi) is 2.69. The third kappa shape index (κ3) is 2.35. The van der Waals surface area contributed by atoms with Crippen molar-refractivity contribution in [2.45, 2.75) is 12.5 Å². The molecule has 1 heterocycles. The number of rotatable bonds is 3. The van der Waals surface area contributed by atoms with E-state index in [1.54, 1.807) is 6.07 Å². The molecule has 2 rings (SSSR count). The van der Waals surface area contributed by atoms with Crippen molar-refractivity contribution in [1.29, 1.82) is 0 Å². The Bertz CT molecular complexity index is 424. The van der Waals surface area contributed by atoms with Gasteiger partial charge in [-0.3, -0.25) is 0 Å². The van der Waals surface area contributed by atoms with Crippen molar-refractivity contribution in [2.24, 2.45) is 5.73 Å². The van der Waals surface area contributed by atoms with Crippen molar-refractivity contribution >= 4 is 5.88 Å². The predicted molar refractivity (Wildman–Crippen MR) is 58.0 cm³/mol. The quantitative estimate of drug-likeness (QED) is 0.792. The number of hydrogen-bond donors (Lipinski definition) is 2. The molecule has 15 heavy (non-hydrogen) atoms. The number of aromatic nitrogens is 1. The zero-order valence-electron chi connectivity index (χ0n) is 8.26. The molecular formula is C11H13N3O. The van der Waals surface area contributed by atoms with Crippen LogP contribution in [0.3, 0.4) is 0 Å².